The number of anilines is 5. The van der Waals surface area contributed by atoms with Crippen molar-refractivity contribution in [1.29, 1.82) is 0 Å². The van der Waals surface area contributed by atoms with Crippen LogP contribution in [-0.2, 0) is 20.7 Å². The average molecular weight is 1000 g/mol. The fourth-order valence-electron chi connectivity index (χ4n) is 9.95. The van der Waals surface area contributed by atoms with E-state index < -0.39 is 19.1 Å². The Labute approximate surface area is 405 Å². The number of carbonyl (C=O) groups excluding carboxylic acids is 3. The number of hydrogen-bond donors (Lipinski definition) is 3. The third kappa shape index (κ3) is 10.2. The van der Waals surface area contributed by atoms with Gasteiger partial charge < -0.3 is 34.6 Å². The van der Waals surface area contributed by atoms with E-state index in [1.165, 1.54) is 0 Å². The van der Waals surface area contributed by atoms with Crippen molar-refractivity contribution in [2.75, 3.05) is 81.8 Å². The summed E-state index contributed by atoms with van der Waals surface area (Å²) >= 11 is 3.59. The SMILES string of the molecule is COc1cc(N2CCC(N3CCN(CCCCC#Cc4cccc5c4CN(C4CCC(=O)NC4=O)C5=O)CC3)CC2)c(C)cc1Nc1ncc(Br)c(Nc2ccc3nccnc3c2P(C)(C)=O)n1. The summed E-state index contributed by atoms with van der Waals surface area (Å²) in [5.41, 5.74) is 7.26. The molecule has 4 aliphatic rings. The molecule has 3 aromatic carbocycles. The second-order valence-corrected chi connectivity index (χ2v) is 22.3. The molecule has 3 saturated heterocycles. The van der Waals surface area contributed by atoms with Gasteiger partial charge in [-0.15, -0.1) is 0 Å². The Bertz CT molecular complexity index is 2870. The number of benzene rings is 3. The minimum absolute atomic E-state index is 0.173. The monoisotopic (exact) mass is 1000 g/mol. The summed E-state index contributed by atoms with van der Waals surface area (Å²) in [6, 6.07) is 13.4. The zero-order chi connectivity index (χ0) is 47.5. The molecule has 18 heteroatoms. The highest BCUT2D eigenvalue weighted by Crippen LogP contribution is 2.42. The molecule has 1 unspecified atom stereocenters. The van der Waals surface area contributed by atoms with Gasteiger partial charge in [0.2, 0.25) is 17.8 Å². The molecule has 5 aromatic rings. The zero-order valence-corrected chi connectivity index (χ0v) is 41.5. The second kappa shape index (κ2) is 20.4. The topological polar surface area (TPSA) is 178 Å². The van der Waals surface area contributed by atoms with Gasteiger partial charge in [0, 0.05) is 106 Å². The number of hydrogen-bond acceptors (Lipinski definition) is 14. The van der Waals surface area contributed by atoms with Gasteiger partial charge in [-0.1, -0.05) is 17.9 Å². The Hall–Kier alpha value is -5.92. The van der Waals surface area contributed by atoms with Crippen molar-refractivity contribution in [3.05, 3.63) is 87.8 Å². The van der Waals surface area contributed by atoms with Crippen LogP contribution < -0.4 is 30.9 Å². The second-order valence-electron chi connectivity index (χ2n) is 18.3. The summed E-state index contributed by atoms with van der Waals surface area (Å²) in [7, 11) is -1.09. The van der Waals surface area contributed by atoms with Crippen LogP contribution in [0.2, 0.25) is 0 Å². The van der Waals surface area contributed by atoms with Gasteiger partial charge in [-0.3, -0.25) is 34.6 Å². The molecule has 1 atom stereocenters. The van der Waals surface area contributed by atoms with Gasteiger partial charge >= 0.3 is 0 Å². The van der Waals surface area contributed by atoms with Crippen molar-refractivity contribution in [1.82, 2.24) is 40.0 Å². The molecule has 0 saturated carbocycles. The van der Waals surface area contributed by atoms with Crippen molar-refractivity contribution >= 4 is 86.0 Å². The van der Waals surface area contributed by atoms with Crippen molar-refractivity contribution in [3.63, 3.8) is 0 Å². The van der Waals surface area contributed by atoms with E-state index >= 15 is 0 Å². The molecule has 0 radical (unpaired) electrons. The number of nitrogens with one attached hydrogen (secondary N) is 3. The summed E-state index contributed by atoms with van der Waals surface area (Å²) in [5.74, 6) is 7.36. The number of rotatable bonds is 13. The normalized spacial score (nSPS) is 18.3. The Kier molecular flexibility index (Phi) is 14.1. The molecule has 3 fully saturated rings. The maximum atomic E-state index is 13.5. The standard InChI is InChI=1S/C50H57BrN11O5P/c1-32-28-40(56-50-54-30-37(51)47(58-50)55-39-14-13-38-45(53-20-19-52-38)46(39)68(3,4)66)43(67-2)29-42(32)61-22-17-34(18-23-61)60-26-24-59(25-27-60)21-8-6-5-7-10-33-11-9-12-35-36(33)31-62(49(35)65)41-15-16-44(63)57-48(41)64/h9,11-14,19-20,28-30,34,41H,5-6,8,15-18,21-27,31H2,1-4H3,(H,57,63,64)(H2,54,55,56,58). The highest BCUT2D eigenvalue weighted by Gasteiger charge is 2.40. The fraction of sp³-hybridized carbons (Fsp3) is 0.420. The first-order valence-electron chi connectivity index (χ1n) is 23.4. The lowest BCUT2D eigenvalue weighted by Gasteiger charge is -2.43. The number of imide groups is 1. The van der Waals surface area contributed by atoms with E-state index in [1.54, 1.807) is 50.0 Å². The third-order valence-corrected chi connectivity index (χ3v) is 15.6. The number of methoxy groups -OCH3 is 1. The van der Waals surface area contributed by atoms with Crippen molar-refractivity contribution in [2.45, 2.75) is 70.5 Å². The van der Waals surface area contributed by atoms with Crippen molar-refractivity contribution in [3.8, 4) is 17.6 Å². The number of piperazine rings is 1. The van der Waals surface area contributed by atoms with E-state index in [-0.39, 0.29) is 18.2 Å². The number of amides is 3. The fourth-order valence-corrected chi connectivity index (χ4v) is 11.6. The maximum Gasteiger partial charge on any atom is 0.255 e. The maximum absolute atomic E-state index is 13.5. The van der Waals surface area contributed by atoms with E-state index in [0.717, 1.165) is 106 Å². The zero-order valence-electron chi connectivity index (χ0n) is 39.0. The average Bonchev–Trinajstić information content (AvgIpc) is 3.67. The quantitative estimate of drug-likeness (QED) is 0.0486. The molecule has 16 nitrogen and oxygen atoms in total. The van der Waals surface area contributed by atoms with Crippen LogP contribution >= 0.6 is 23.1 Å². The van der Waals surface area contributed by atoms with Crippen LogP contribution in [0.3, 0.4) is 0 Å². The summed E-state index contributed by atoms with van der Waals surface area (Å²) in [6.07, 6.45) is 10.6. The lowest BCUT2D eigenvalue weighted by molar-refractivity contribution is -0.136. The number of unbranched alkanes of at least 4 members (excludes halogenated alkanes) is 2. The number of aromatic nitrogens is 4. The highest BCUT2D eigenvalue weighted by molar-refractivity contribution is 9.10. The van der Waals surface area contributed by atoms with Gasteiger partial charge in [0.05, 0.1) is 33.8 Å². The van der Waals surface area contributed by atoms with Gasteiger partial charge in [0.1, 0.15) is 30.3 Å². The lowest BCUT2D eigenvalue weighted by Crippen LogP contribution is -2.53. The van der Waals surface area contributed by atoms with Crippen LogP contribution in [0, 0.1) is 18.8 Å². The molecule has 3 N–H and O–H groups in total. The Morgan fingerprint density at radius 3 is 2.49 bits per heavy atom. The molecule has 68 heavy (non-hydrogen) atoms. The number of fused-ring (bicyclic) bond motifs is 2. The highest BCUT2D eigenvalue weighted by atomic mass is 79.9. The Morgan fingerprint density at radius 1 is 0.926 bits per heavy atom. The number of ether oxygens (including phenoxy) is 1. The number of carbonyl (C=O) groups is 3. The first-order chi connectivity index (χ1) is 32.8. The van der Waals surface area contributed by atoms with Crippen LogP contribution in [0.5, 0.6) is 5.75 Å². The molecule has 3 amide bonds. The first-order valence-corrected chi connectivity index (χ1v) is 26.8. The molecule has 9 rings (SSSR count). The number of nitrogens with zero attached hydrogens (tertiary/aromatic N) is 8. The summed E-state index contributed by atoms with van der Waals surface area (Å²) in [4.78, 5) is 64.9. The molecule has 0 bridgehead atoms. The van der Waals surface area contributed by atoms with E-state index in [9.17, 15) is 18.9 Å². The van der Waals surface area contributed by atoms with E-state index in [4.69, 9.17) is 9.72 Å². The van der Waals surface area contributed by atoms with E-state index in [1.807, 2.05) is 24.3 Å². The molecule has 2 aromatic heterocycles. The number of halogens is 1. The molecule has 0 aliphatic carbocycles. The molecule has 0 spiro atoms. The van der Waals surface area contributed by atoms with Crippen molar-refractivity contribution < 1.29 is 23.7 Å². The van der Waals surface area contributed by atoms with Gasteiger partial charge in [-0.2, -0.15) is 4.98 Å². The van der Waals surface area contributed by atoms with Crippen LogP contribution in [0.25, 0.3) is 11.0 Å². The number of aryl methyl sites for hydroxylation is 1. The first kappa shape index (κ1) is 47.2. The summed E-state index contributed by atoms with van der Waals surface area (Å²) in [5, 5.41) is 9.73. The minimum atomic E-state index is -2.77. The van der Waals surface area contributed by atoms with Crippen LogP contribution in [0.1, 0.15) is 72.0 Å². The lowest BCUT2D eigenvalue weighted by atomic mass is 10.0. The van der Waals surface area contributed by atoms with Gasteiger partial charge in [-0.25, -0.2) is 4.98 Å². The summed E-state index contributed by atoms with van der Waals surface area (Å²) in [6.45, 7) is 13.2. The Balaban J connectivity index is 0.734. The minimum Gasteiger partial charge on any atom is -0.494 e. The predicted molar refractivity (Wildman–Crippen MR) is 269 cm³/mol. The molecular formula is C50H57BrN11O5P. The van der Waals surface area contributed by atoms with Crippen LogP contribution in [-0.4, -0.2) is 131 Å². The van der Waals surface area contributed by atoms with Gasteiger partial charge in [0.15, 0.2) is 0 Å². The molecular weight excluding hydrogens is 945 g/mol. The van der Waals surface area contributed by atoms with Crippen LogP contribution in [0.15, 0.2) is 65.5 Å². The molecule has 4 aliphatic heterocycles. The molecule has 354 valence electrons. The largest absolute Gasteiger partial charge is 0.494 e. The van der Waals surface area contributed by atoms with E-state index in [0.29, 0.717) is 68.6 Å². The predicted octanol–water partition coefficient (Wildman–Crippen LogP) is 6.80. The van der Waals surface area contributed by atoms with Gasteiger partial charge in [0.25, 0.3) is 5.91 Å². The van der Waals surface area contributed by atoms with Crippen LogP contribution in [0.4, 0.5) is 28.8 Å². The Morgan fingerprint density at radius 2 is 1.72 bits per heavy atom. The summed E-state index contributed by atoms with van der Waals surface area (Å²) < 4.78 is 20.1. The van der Waals surface area contributed by atoms with Crippen molar-refractivity contribution in [2.24, 2.45) is 0 Å². The van der Waals surface area contributed by atoms with Gasteiger partial charge in [-0.05, 0) is 116 Å². The number of piperidine rings is 2. The third-order valence-electron chi connectivity index (χ3n) is 13.5. The molecule has 6 heterocycles. The van der Waals surface area contributed by atoms with E-state index in [2.05, 4.69) is 92.4 Å². The smallest absolute Gasteiger partial charge is 0.255 e.